The highest BCUT2D eigenvalue weighted by Gasteiger charge is 2.32. The van der Waals surface area contributed by atoms with E-state index in [1.807, 2.05) is 38.1 Å². The minimum absolute atomic E-state index is 0.255. The molecule has 0 atom stereocenters. The zero-order valence-electron chi connectivity index (χ0n) is 20.8. The van der Waals surface area contributed by atoms with Crippen LogP contribution in [0, 0.1) is 25.7 Å². The predicted octanol–water partition coefficient (Wildman–Crippen LogP) is 5.21. The van der Waals surface area contributed by atoms with E-state index in [4.69, 9.17) is 0 Å². The van der Waals surface area contributed by atoms with E-state index in [1.54, 1.807) is 16.4 Å². The quantitative estimate of drug-likeness (QED) is 0.634. The lowest BCUT2D eigenvalue weighted by Gasteiger charge is -2.35. The number of nitrogens with one attached hydrogen (secondary N) is 1. The molecule has 1 N–H and O–H groups in total. The maximum Gasteiger partial charge on any atom is 0.255 e. The maximum absolute atomic E-state index is 13.8. The van der Waals surface area contributed by atoms with Crippen molar-refractivity contribution >= 4 is 27.3 Å². The molecule has 0 bridgehead atoms. The number of carbonyl (C=O) groups is 1. The van der Waals surface area contributed by atoms with Gasteiger partial charge in [-0.2, -0.15) is 4.31 Å². The Labute approximate surface area is 204 Å². The summed E-state index contributed by atoms with van der Waals surface area (Å²) >= 11 is 0. The number of rotatable bonds is 5. The summed E-state index contributed by atoms with van der Waals surface area (Å²) in [5.74, 6) is 0.878. The average molecular weight is 484 g/mol. The van der Waals surface area contributed by atoms with Crippen molar-refractivity contribution in [2.24, 2.45) is 11.8 Å². The third-order valence-corrected chi connectivity index (χ3v) is 9.28. The molecule has 2 fully saturated rings. The Morgan fingerprint density at radius 1 is 0.882 bits per heavy atom. The van der Waals surface area contributed by atoms with Gasteiger partial charge in [-0.15, -0.1) is 0 Å². The summed E-state index contributed by atoms with van der Waals surface area (Å²) in [5, 5.41) is 2.98. The van der Waals surface area contributed by atoms with E-state index < -0.39 is 10.0 Å². The van der Waals surface area contributed by atoms with Gasteiger partial charge in [-0.25, -0.2) is 8.42 Å². The molecule has 0 unspecified atom stereocenters. The molecule has 184 valence electrons. The van der Waals surface area contributed by atoms with Gasteiger partial charge in [-0.3, -0.25) is 4.79 Å². The van der Waals surface area contributed by atoms with E-state index in [0.717, 1.165) is 55.6 Å². The zero-order chi connectivity index (χ0) is 24.5. The number of hydrogen-bond donors (Lipinski definition) is 1. The van der Waals surface area contributed by atoms with Crippen LogP contribution in [0.15, 0.2) is 41.3 Å². The molecule has 2 aliphatic rings. The van der Waals surface area contributed by atoms with E-state index in [0.29, 0.717) is 36.2 Å². The number of nitrogens with zero attached hydrogens (tertiary/aromatic N) is 2. The fraction of sp³-hybridized carbons (Fsp3) is 0.519. The van der Waals surface area contributed by atoms with Gasteiger partial charge in [0.25, 0.3) is 5.91 Å². The van der Waals surface area contributed by atoms with Crippen LogP contribution in [-0.2, 0) is 10.0 Å². The summed E-state index contributed by atoms with van der Waals surface area (Å²) in [4.78, 5) is 15.6. The minimum atomic E-state index is -3.71. The van der Waals surface area contributed by atoms with Crippen LogP contribution in [0.3, 0.4) is 0 Å². The highest BCUT2D eigenvalue weighted by Crippen LogP contribution is 2.34. The molecule has 0 spiro atoms. The molecular weight excluding hydrogens is 446 g/mol. The third-order valence-electron chi connectivity index (χ3n) is 7.35. The summed E-state index contributed by atoms with van der Waals surface area (Å²) in [6.07, 6.45) is 3.80. The first kappa shape index (κ1) is 24.7. The van der Waals surface area contributed by atoms with Crippen molar-refractivity contribution in [2.45, 2.75) is 58.3 Å². The Morgan fingerprint density at radius 2 is 1.50 bits per heavy atom. The molecule has 2 saturated heterocycles. The van der Waals surface area contributed by atoms with Gasteiger partial charge in [-0.1, -0.05) is 26.0 Å². The minimum Gasteiger partial charge on any atom is -0.370 e. The van der Waals surface area contributed by atoms with Gasteiger partial charge in [0.2, 0.25) is 10.0 Å². The van der Waals surface area contributed by atoms with Crippen molar-refractivity contribution in [2.75, 3.05) is 36.4 Å². The molecule has 0 radical (unpaired) electrons. The first-order valence-electron chi connectivity index (χ1n) is 12.4. The Morgan fingerprint density at radius 3 is 2.15 bits per heavy atom. The number of carbonyl (C=O) groups excluding carboxylic acids is 1. The van der Waals surface area contributed by atoms with Crippen LogP contribution in [0.25, 0.3) is 0 Å². The fourth-order valence-corrected chi connectivity index (χ4v) is 6.51. The van der Waals surface area contributed by atoms with E-state index in [1.165, 1.54) is 0 Å². The average Bonchev–Trinajstić information content (AvgIpc) is 2.82. The second-order valence-electron chi connectivity index (χ2n) is 10.2. The van der Waals surface area contributed by atoms with Crippen LogP contribution < -0.4 is 10.2 Å². The normalized spacial score (nSPS) is 18.8. The van der Waals surface area contributed by atoms with E-state index in [-0.39, 0.29) is 10.8 Å². The van der Waals surface area contributed by atoms with Crippen molar-refractivity contribution in [1.29, 1.82) is 0 Å². The van der Waals surface area contributed by atoms with Gasteiger partial charge < -0.3 is 10.2 Å². The number of aryl methyl sites for hydroxylation is 2. The van der Waals surface area contributed by atoms with Crippen LogP contribution >= 0.6 is 0 Å². The molecule has 0 aromatic heterocycles. The number of benzene rings is 2. The van der Waals surface area contributed by atoms with Crippen LogP contribution in [0.4, 0.5) is 11.4 Å². The Bertz CT molecular complexity index is 1150. The number of anilines is 2. The fourth-order valence-electron chi connectivity index (χ4n) is 4.80. The molecule has 6 nitrogen and oxygen atoms in total. The Kier molecular flexibility index (Phi) is 7.33. The molecule has 0 aliphatic carbocycles. The Balaban J connectivity index is 1.69. The lowest BCUT2D eigenvalue weighted by atomic mass is 9.98. The predicted molar refractivity (Wildman–Crippen MR) is 138 cm³/mol. The molecule has 2 heterocycles. The zero-order valence-corrected chi connectivity index (χ0v) is 21.6. The van der Waals surface area contributed by atoms with Crippen molar-refractivity contribution < 1.29 is 13.2 Å². The molecule has 2 aromatic rings. The van der Waals surface area contributed by atoms with Crippen molar-refractivity contribution in [3.63, 3.8) is 0 Å². The SMILES string of the molecule is Cc1ccc(C)c(NC(=O)c2ccc(N3CCC(C)CC3)c(S(=O)(=O)N3CCC(C)CC3)c2)c1. The van der Waals surface area contributed by atoms with Gasteiger partial charge in [0.15, 0.2) is 0 Å². The molecule has 0 saturated carbocycles. The third kappa shape index (κ3) is 5.31. The largest absolute Gasteiger partial charge is 0.370 e. The van der Waals surface area contributed by atoms with E-state index in [2.05, 4.69) is 24.1 Å². The van der Waals surface area contributed by atoms with Crippen molar-refractivity contribution in [3.05, 3.63) is 53.1 Å². The van der Waals surface area contributed by atoms with Gasteiger partial charge in [0, 0.05) is 37.4 Å². The van der Waals surface area contributed by atoms with Crippen LogP contribution in [0.1, 0.15) is 61.0 Å². The number of piperidine rings is 2. The highest BCUT2D eigenvalue weighted by atomic mass is 32.2. The molecule has 2 aromatic carbocycles. The maximum atomic E-state index is 13.8. The number of hydrogen-bond acceptors (Lipinski definition) is 4. The second-order valence-corrected chi connectivity index (χ2v) is 12.1. The molecule has 1 amide bonds. The number of sulfonamides is 1. The molecule has 34 heavy (non-hydrogen) atoms. The summed E-state index contributed by atoms with van der Waals surface area (Å²) in [7, 11) is -3.71. The van der Waals surface area contributed by atoms with E-state index in [9.17, 15) is 13.2 Å². The molecule has 4 rings (SSSR count). The first-order valence-corrected chi connectivity index (χ1v) is 13.9. The Hall–Kier alpha value is -2.38. The summed E-state index contributed by atoms with van der Waals surface area (Å²) < 4.78 is 29.2. The van der Waals surface area contributed by atoms with E-state index >= 15 is 0 Å². The summed E-state index contributed by atoms with van der Waals surface area (Å²) in [5.41, 5.74) is 3.84. The lowest BCUT2D eigenvalue weighted by molar-refractivity contribution is 0.102. The standard InChI is InChI=1S/C27H37N3O3S/c1-19-9-13-29(14-10-19)25-8-7-23(27(31)28-24-17-21(3)5-6-22(24)4)18-26(25)34(32,33)30-15-11-20(2)12-16-30/h5-8,17-20H,9-16H2,1-4H3,(H,28,31). The van der Waals surface area contributed by atoms with Gasteiger partial charge >= 0.3 is 0 Å². The van der Waals surface area contributed by atoms with Gasteiger partial charge in [0.1, 0.15) is 4.90 Å². The highest BCUT2D eigenvalue weighted by molar-refractivity contribution is 7.89. The molecule has 2 aliphatic heterocycles. The van der Waals surface area contributed by atoms with Crippen LogP contribution in [0.2, 0.25) is 0 Å². The lowest BCUT2D eigenvalue weighted by Crippen LogP contribution is -2.39. The van der Waals surface area contributed by atoms with Gasteiger partial charge in [-0.05, 0) is 86.8 Å². The monoisotopic (exact) mass is 483 g/mol. The summed E-state index contributed by atoms with van der Waals surface area (Å²) in [6, 6.07) is 11.1. The first-order chi connectivity index (χ1) is 16.1. The molecule has 7 heteroatoms. The topological polar surface area (TPSA) is 69.7 Å². The van der Waals surface area contributed by atoms with Gasteiger partial charge in [0.05, 0.1) is 5.69 Å². The van der Waals surface area contributed by atoms with Crippen LogP contribution in [0.5, 0.6) is 0 Å². The van der Waals surface area contributed by atoms with Crippen molar-refractivity contribution in [1.82, 2.24) is 4.31 Å². The summed E-state index contributed by atoms with van der Waals surface area (Å²) in [6.45, 7) is 11.0. The smallest absolute Gasteiger partial charge is 0.255 e. The number of amides is 1. The second kappa shape index (κ2) is 10.1. The van der Waals surface area contributed by atoms with Crippen LogP contribution in [-0.4, -0.2) is 44.8 Å². The molecular formula is C27H37N3O3S. The van der Waals surface area contributed by atoms with Crippen molar-refractivity contribution in [3.8, 4) is 0 Å².